The van der Waals surface area contributed by atoms with E-state index in [2.05, 4.69) is 32.6 Å². The molecule has 108 valence electrons. The van der Waals surface area contributed by atoms with Crippen LogP contribution in [0.15, 0.2) is 0 Å². The number of nitrogen functional groups attached to an aromatic ring is 1. The number of hydrogen-bond donors (Lipinski definition) is 2. The molecule has 8 heteroatoms. The molecule has 0 radical (unpaired) electrons. The van der Waals surface area contributed by atoms with Gasteiger partial charge in [0.15, 0.2) is 0 Å². The summed E-state index contributed by atoms with van der Waals surface area (Å²) in [6.07, 6.45) is 4.57. The highest BCUT2D eigenvalue weighted by Gasteiger charge is 2.29. The van der Waals surface area contributed by atoms with E-state index in [0.29, 0.717) is 17.0 Å². The van der Waals surface area contributed by atoms with E-state index in [4.69, 9.17) is 5.73 Å². The van der Waals surface area contributed by atoms with E-state index in [1.165, 1.54) is 35.6 Å². The number of rotatable bonds is 5. The van der Waals surface area contributed by atoms with Gasteiger partial charge in [0.1, 0.15) is 10.0 Å². The van der Waals surface area contributed by atoms with E-state index >= 15 is 0 Å². The highest BCUT2D eigenvalue weighted by atomic mass is 32.1. The van der Waals surface area contributed by atoms with Gasteiger partial charge in [-0.3, -0.25) is 0 Å². The molecule has 2 aromatic heterocycles. The predicted molar refractivity (Wildman–Crippen MR) is 82.2 cm³/mol. The van der Waals surface area contributed by atoms with Crippen molar-refractivity contribution in [2.75, 3.05) is 17.6 Å². The van der Waals surface area contributed by atoms with Crippen LogP contribution in [-0.4, -0.2) is 26.9 Å². The van der Waals surface area contributed by atoms with Gasteiger partial charge in [-0.05, 0) is 32.1 Å². The van der Waals surface area contributed by atoms with Crippen molar-refractivity contribution in [1.82, 2.24) is 20.4 Å². The average molecular weight is 310 g/mol. The maximum absolute atomic E-state index is 5.62. The van der Waals surface area contributed by atoms with Crippen molar-refractivity contribution >= 4 is 32.9 Å². The maximum atomic E-state index is 5.62. The molecule has 1 fully saturated rings. The Morgan fingerprint density at radius 2 is 2.10 bits per heavy atom. The molecule has 0 unspecified atom stereocenters. The second kappa shape index (κ2) is 6.01. The van der Waals surface area contributed by atoms with Crippen molar-refractivity contribution in [2.24, 2.45) is 5.92 Å². The number of nitrogens with two attached hydrogens (primary N) is 1. The lowest BCUT2D eigenvalue weighted by Gasteiger charge is -2.06. The lowest BCUT2D eigenvalue weighted by Crippen LogP contribution is -2.00. The van der Waals surface area contributed by atoms with E-state index in [-0.39, 0.29) is 0 Å². The van der Waals surface area contributed by atoms with E-state index in [1.807, 2.05) is 0 Å². The molecule has 2 atom stereocenters. The smallest absolute Gasteiger partial charge is 0.205 e. The number of anilines is 2. The SMILES string of the molecule is CCNc1nnc([C@@H]2CC[C@H](Cc3nnc(N)s3)C2)s1. The molecule has 0 aromatic carbocycles. The fourth-order valence-corrected chi connectivity index (χ4v) is 4.39. The van der Waals surface area contributed by atoms with Crippen molar-refractivity contribution in [1.29, 1.82) is 0 Å². The van der Waals surface area contributed by atoms with Crippen LogP contribution in [0.2, 0.25) is 0 Å². The summed E-state index contributed by atoms with van der Waals surface area (Å²) in [4.78, 5) is 0. The normalized spacial score (nSPS) is 22.2. The molecule has 2 heterocycles. The zero-order valence-electron chi connectivity index (χ0n) is 11.4. The molecule has 1 aliphatic carbocycles. The van der Waals surface area contributed by atoms with E-state index in [9.17, 15) is 0 Å². The predicted octanol–water partition coefficient (Wildman–Crippen LogP) is 2.53. The number of aromatic nitrogens is 4. The molecule has 0 saturated heterocycles. The van der Waals surface area contributed by atoms with Crippen molar-refractivity contribution in [3.05, 3.63) is 10.0 Å². The van der Waals surface area contributed by atoms with E-state index < -0.39 is 0 Å². The fourth-order valence-electron chi connectivity index (χ4n) is 2.70. The monoisotopic (exact) mass is 310 g/mol. The van der Waals surface area contributed by atoms with Gasteiger partial charge in [-0.2, -0.15) is 0 Å². The van der Waals surface area contributed by atoms with Crippen LogP contribution in [0.3, 0.4) is 0 Å². The molecule has 6 nitrogen and oxygen atoms in total. The first-order chi connectivity index (χ1) is 9.74. The Balaban J connectivity index is 1.58. The van der Waals surface area contributed by atoms with Gasteiger partial charge in [0.25, 0.3) is 0 Å². The Bertz CT molecular complexity index is 566. The van der Waals surface area contributed by atoms with Crippen molar-refractivity contribution in [3.8, 4) is 0 Å². The third-order valence-corrected chi connectivity index (χ3v) is 5.42. The second-order valence-electron chi connectivity index (χ2n) is 5.09. The average Bonchev–Trinajstić information content (AvgIpc) is 3.12. The molecule has 1 aliphatic rings. The van der Waals surface area contributed by atoms with Crippen LogP contribution in [0.4, 0.5) is 10.3 Å². The minimum atomic E-state index is 0.551. The third kappa shape index (κ3) is 3.06. The topological polar surface area (TPSA) is 89.6 Å². The van der Waals surface area contributed by atoms with E-state index in [1.54, 1.807) is 11.3 Å². The van der Waals surface area contributed by atoms with Crippen LogP contribution in [0.1, 0.15) is 42.1 Å². The Hall–Kier alpha value is -1.28. The van der Waals surface area contributed by atoms with Crippen LogP contribution >= 0.6 is 22.7 Å². The van der Waals surface area contributed by atoms with Crippen LogP contribution < -0.4 is 11.1 Å². The molecule has 0 spiro atoms. The van der Waals surface area contributed by atoms with Gasteiger partial charge in [0, 0.05) is 18.9 Å². The van der Waals surface area contributed by atoms with Gasteiger partial charge in [-0.1, -0.05) is 22.7 Å². The number of nitrogens with one attached hydrogen (secondary N) is 1. The highest BCUT2D eigenvalue weighted by Crippen LogP contribution is 2.41. The van der Waals surface area contributed by atoms with Crippen LogP contribution in [0, 0.1) is 5.92 Å². The summed E-state index contributed by atoms with van der Waals surface area (Å²) in [5.41, 5.74) is 5.62. The Labute approximate surface area is 125 Å². The molecular formula is C12H18N6S2. The Morgan fingerprint density at radius 3 is 2.85 bits per heavy atom. The molecule has 2 aromatic rings. The molecule has 3 N–H and O–H groups in total. The zero-order valence-corrected chi connectivity index (χ0v) is 13.0. The lowest BCUT2D eigenvalue weighted by atomic mass is 10.0. The molecule has 20 heavy (non-hydrogen) atoms. The first-order valence-electron chi connectivity index (χ1n) is 6.89. The molecule has 0 aliphatic heterocycles. The Morgan fingerprint density at radius 1 is 1.20 bits per heavy atom. The van der Waals surface area contributed by atoms with Crippen LogP contribution in [-0.2, 0) is 6.42 Å². The second-order valence-corrected chi connectivity index (χ2v) is 7.19. The van der Waals surface area contributed by atoms with Gasteiger partial charge < -0.3 is 11.1 Å². The Kier molecular flexibility index (Phi) is 4.11. The lowest BCUT2D eigenvalue weighted by molar-refractivity contribution is 0.531. The zero-order chi connectivity index (χ0) is 13.9. The van der Waals surface area contributed by atoms with Crippen molar-refractivity contribution in [2.45, 2.75) is 38.5 Å². The quantitative estimate of drug-likeness (QED) is 0.882. The molecule has 3 rings (SSSR count). The van der Waals surface area contributed by atoms with E-state index in [0.717, 1.165) is 23.1 Å². The van der Waals surface area contributed by atoms with Crippen LogP contribution in [0.5, 0.6) is 0 Å². The standard InChI is InChI=1S/C12H18N6S2/c1-2-14-12-18-16-10(20-12)8-4-3-7(5-8)6-9-15-17-11(13)19-9/h7-8H,2-6H2,1H3,(H2,13,17)(H,14,18)/t7-,8+/m0/s1. The number of hydrogen-bond acceptors (Lipinski definition) is 8. The molecular weight excluding hydrogens is 292 g/mol. The minimum Gasteiger partial charge on any atom is -0.374 e. The summed E-state index contributed by atoms with van der Waals surface area (Å²) in [6.45, 7) is 2.96. The molecule has 1 saturated carbocycles. The van der Waals surface area contributed by atoms with Gasteiger partial charge in [0.05, 0.1) is 0 Å². The highest BCUT2D eigenvalue weighted by molar-refractivity contribution is 7.15. The summed E-state index contributed by atoms with van der Waals surface area (Å²) in [6, 6.07) is 0. The van der Waals surface area contributed by atoms with Gasteiger partial charge in [-0.15, -0.1) is 20.4 Å². The fraction of sp³-hybridized carbons (Fsp3) is 0.667. The molecule has 0 amide bonds. The largest absolute Gasteiger partial charge is 0.374 e. The van der Waals surface area contributed by atoms with Gasteiger partial charge >= 0.3 is 0 Å². The maximum Gasteiger partial charge on any atom is 0.205 e. The van der Waals surface area contributed by atoms with Crippen molar-refractivity contribution in [3.63, 3.8) is 0 Å². The first kappa shape index (κ1) is 13.7. The summed E-state index contributed by atoms with van der Waals surface area (Å²) < 4.78 is 0. The summed E-state index contributed by atoms with van der Waals surface area (Å²) in [5, 5.41) is 23.4. The van der Waals surface area contributed by atoms with Crippen molar-refractivity contribution < 1.29 is 0 Å². The molecule has 0 bridgehead atoms. The summed E-state index contributed by atoms with van der Waals surface area (Å²) >= 11 is 3.19. The van der Waals surface area contributed by atoms with Crippen LogP contribution in [0.25, 0.3) is 0 Å². The van der Waals surface area contributed by atoms with Gasteiger partial charge in [-0.25, -0.2) is 0 Å². The minimum absolute atomic E-state index is 0.551. The van der Waals surface area contributed by atoms with Gasteiger partial charge in [0.2, 0.25) is 10.3 Å². The number of nitrogens with zero attached hydrogens (tertiary/aromatic N) is 4. The summed E-state index contributed by atoms with van der Waals surface area (Å²) in [5.74, 6) is 1.22. The summed E-state index contributed by atoms with van der Waals surface area (Å²) in [7, 11) is 0. The third-order valence-electron chi connectivity index (χ3n) is 3.60. The first-order valence-corrected chi connectivity index (χ1v) is 8.53.